The highest BCUT2D eigenvalue weighted by Crippen LogP contribution is 2.29. The molecule has 0 saturated heterocycles. The van der Waals surface area contributed by atoms with E-state index in [9.17, 15) is 9.59 Å². The number of nitrogens with zero attached hydrogens (tertiary/aromatic N) is 3. The third-order valence-electron chi connectivity index (χ3n) is 4.77. The van der Waals surface area contributed by atoms with Gasteiger partial charge >= 0.3 is 0 Å². The molecule has 0 aliphatic heterocycles. The van der Waals surface area contributed by atoms with Gasteiger partial charge in [0.2, 0.25) is 0 Å². The van der Waals surface area contributed by atoms with Crippen LogP contribution in [0.4, 0.5) is 5.69 Å². The topological polar surface area (TPSA) is 79.3 Å². The minimum absolute atomic E-state index is 0.0285. The monoisotopic (exact) mass is 397 g/mol. The van der Waals surface area contributed by atoms with Crippen LogP contribution in [0.3, 0.4) is 0 Å². The first-order valence-corrected chi connectivity index (χ1v) is 10.1. The van der Waals surface area contributed by atoms with E-state index in [0.717, 1.165) is 34.4 Å². The summed E-state index contributed by atoms with van der Waals surface area (Å²) in [6.07, 6.45) is 2.12. The van der Waals surface area contributed by atoms with Crippen LogP contribution < -0.4 is 15.5 Å². The van der Waals surface area contributed by atoms with Gasteiger partial charge in [0.15, 0.2) is 0 Å². The molecule has 7 nitrogen and oxygen atoms in total. The maximum Gasteiger partial charge on any atom is 0.261 e. The Morgan fingerprint density at radius 3 is 2.75 bits per heavy atom. The molecule has 0 radical (unpaired) electrons. The van der Waals surface area contributed by atoms with Crippen LogP contribution in [0.2, 0.25) is 0 Å². The van der Waals surface area contributed by atoms with Crippen LogP contribution in [-0.4, -0.2) is 41.7 Å². The fourth-order valence-electron chi connectivity index (χ4n) is 3.03. The third-order valence-corrected chi connectivity index (χ3v) is 5.97. The highest BCUT2D eigenvalue weighted by molar-refractivity contribution is 7.20. The summed E-state index contributed by atoms with van der Waals surface area (Å²) in [5.41, 5.74) is 2.33. The summed E-state index contributed by atoms with van der Waals surface area (Å²) in [5, 5.41) is 11.4. The van der Waals surface area contributed by atoms with E-state index in [2.05, 4.69) is 15.7 Å². The second kappa shape index (κ2) is 7.27. The lowest BCUT2D eigenvalue weighted by molar-refractivity contribution is 0.0944. The van der Waals surface area contributed by atoms with Crippen LogP contribution in [0, 0.1) is 0 Å². The number of rotatable bonds is 6. The first-order chi connectivity index (χ1) is 13.4. The van der Waals surface area contributed by atoms with E-state index in [1.807, 2.05) is 50.3 Å². The second-order valence-corrected chi connectivity index (χ2v) is 8.31. The van der Waals surface area contributed by atoms with E-state index in [1.54, 1.807) is 10.7 Å². The zero-order chi connectivity index (χ0) is 19.8. The molecule has 1 saturated carbocycles. The number of nitrogens with one attached hydrogen (secondary N) is 2. The standard InChI is InChI=1S/C20H23N5O2S/c1-24(2)14-6-4-5-12(9-14)18(26)21-11-16-15-10-17(19(27)22-13-7-8-13)28-20(15)25(3)23-16/h4-6,9-10,13H,7-8,11H2,1-3H3,(H,21,26)(H,22,27). The van der Waals surface area contributed by atoms with Gasteiger partial charge in [-0.3, -0.25) is 14.3 Å². The molecule has 0 unspecified atom stereocenters. The van der Waals surface area contributed by atoms with Crippen molar-refractivity contribution in [1.82, 2.24) is 20.4 Å². The van der Waals surface area contributed by atoms with Crippen LogP contribution in [0.25, 0.3) is 10.2 Å². The summed E-state index contributed by atoms with van der Waals surface area (Å²) in [6.45, 7) is 0.308. The Bertz CT molecular complexity index is 1050. The lowest BCUT2D eigenvalue weighted by Gasteiger charge is -2.13. The van der Waals surface area contributed by atoms with Crippen molar-refractivity contribution in [1.29, 1.82) is 0 Å². The molecule has 146 valence electrons. The number of benzene rings is 1. The number of amides is 2. The van der Waals surface area contributed by atoms with Crippen LogP contribution in [-0.2, 0) is 13.6 Å². The number of fused-ring (bicyclic) bond motifs is 1. The first kappa shape index (κ1) is 18.5. The maximum atomic E-state index is 12.6. The molecule has 8 heteroatoms. The van der Waals surface area contributed by atoms with Crippen molar-refractivity contribution < 1.29 is 9.59 Å². The Morgan fingerprint density at radius 1 is 1.25 bits per heavy atom. The SMILES string of the molecule is CN(C)c1cccc(C(=O)NCc2nn(C)c3sc(C(=O)NC4CC4)cc23)c1. The summed E-state index contributed by atoms with van der Waals surface area (Å²) < 4.78 is 1.77. The zero-order valence-corrected chi connectivity index (χ0v) is 17.0. The number of thiophene rings is 1. The number of carbonyl (C=O) groups excluding carboxylic acids is 2. The van der Waals surface area contributed by atoms with E-state index in [-0.39, 0.29) is 11.8 Å². The summed E-state index contributed by atoms with van der Waals surface area (Å²) in [5.74, 6) is -0.177. The van der Waals surface area contributed by atoms with Gasteiger partial charge in [-0.1, -0.05) is 6.07 Å². The largest absolute Gasteiger partial charge is 0.378 e. The van der Waals surface area contributed by atoms with Gasteiger partial charge in [0.1, 0.15) is 4.83 Å². The van der Waals surface area contributed by atoms with Gasteiger partial charge in [-0.15, -0.1) is 11.3 Å². The minimum Gasteiger partial charge on any atom is -0.378 e. The summed E-state index contributed by atoms with van der Waals surface area (Å²) in [7, 11) is 5.73. The minimum atomic E-state index is -0.149. The van der Waals surface area contributed by atoms with Crippen molar-refractivity contribution in [2.45, 2.75) is 25.4 Å². The van der Waals surface area contributed by atoms with Gasteiger partial charge < -0.3 is 15.5 Å². The van der Waals surface area contributed by atoms with Crippen molar-refractivity contribution in [3.63, 3.8) is 0 Å². The smallest absolute Gasteiger partial charge is 0.261 e. The summed E-state index contributed by atoms with van der Waals surface area (Å²) >= 11 is 1.43. The number of aromatic nitrogens is 2. The van der Waals surface area contributed by atoms with Crippen LogP contribution >= 0.6 is 11.3 Å². The lowest BCUT2D eigenvalue weighted by Crippen LogP contribution is -2.24. The van der Waals surface area contributed by atoms with Crippen LogP contribution in [0.5, 0.6) is 0 Å². The Labute approximate surface area is 167 Å². The lowest BCUT2D eigenvalue weighted by atomic mass is 10.1. The molecule has 2 N–H and O–H groups in total. The molecule has 1 aliphatic rings. The average Bonchev–Trinajstić information content (AvgIpc) is 3.29. The molecule has 3 aromatic rings. The van der Waals surface area contributed by atoms with Crippen LogP contribution in [0.1, 0.15) is 38.6 Å². The van der Waals surface area contributed by atoms with Gasteiger partial charge in [0, 0.05) is 43.8 Å². The molecule has 1 aromatic carbocycles. The van der Waals surface area contributed by atoms with Crippen LogP contribution in [0.15, 0.2) is 30.3 Å². The highest BCUT2D eigenvalue weighted by atomic mass is 32.1. The summed E-state index contributed by atoms with van der Waals surface area (Å²) in [4.78, 5) is 28.4. The van der Waals surface area contributed by atoms with Gasteiger partial charge in [-0.25, -0.2) is 0 Å². The van der Waals surface area contributed by atoms with E-state index in [1.165, 1.54) is 11.3 Å². The Morgan fingerprint density at radius 2 is 2.04 bits per heavy atom. The van der Waals surface area contributed by atoms with Gasteiger partial charge in [-0.2, -0.15) is 5.10 Å². The molecule has 0 bridgehead atoms. The highest BCUT2D eigenvalue weighted by Gasteiger charge is 2.25. The number of anilines is 1. The van der Waals surface area contributed by atoms with Gasteiger partial charge in [-0.05, 0) is 37.1 Å². The number of carbonyl (C=O) groups is 2. The average molecular weight is 398 g/mol. The molecule has 4 rings (SSSR count). The third kappa shape index (κ3) is 3.73. The number of hydrogen-bond donors (Lipinski definition) is 2. The van der Waals surface area contributed by atoms with Crippen molar-refractivity contribution in [3.05, 3.63) is 46.5 Å². The first-order valence-electron chi connectivity index (χ1n) is 9.24. The quantitative estimate of drug-likeness (QED) is 0.670. The predicted molar refractivity (Wildman–Crippen MR) is 111 cm³/mol. The molecule has 0 spiro atoms. The molecule has 1 aliphatic carbocycles. The molecule has 2 heterocycles. The number of hydrogen-bond acceptors (Lipinski definition) is 5. The van der Waals surface area contributed by atoms with Gasteiger partial charge in [0.05, 0.1) is 17.1 Å². The van der Waals surface area contributed by atoms with E-state index >= 15 is 0 Å². The van der Waals surface area contributed by atoms with E-state index in [0.29, 0.717) is 23.0 Å². The van der Waals surface area contributed by atoms with Crippen molar-refractivity contribution >= 4 is 39.1 Å². The Kier molecular flexibility index (Phi) is 4.80. The fourth-order valence-corrected chi connectivity index (χ4v) is 4.02. The van der Waals surface area contributed by atoms with Crippen molar-refractivity contribution in [2.24, 2.45) is 7.05 Å². The molecule has 0 atom stereocenters. The Hall–Kier alpha value is -2.87. The van der Waals surface area contributed by atoms with Crippen molar-refractivity contribution in [2.75, 3.05) is 19.0 Å². The van der Waals surface area contributed by atoms with E-state index < -0.39 is 0 Å². The molecular formula is C20H23N5O2S. The number of aryl methyl sites for hydroxylation is 1. The molecule has 28 heavy (non-hydrogen) atoms. The van der Waals surface area contributed by atoms with Crippen molar-refractivity contribution in [3.8, 4) is 0 Å². The van der Waals surface area contributed by atoms with E-state index in [4.69, 9.17) is 0 Å². The maximum absolute atomic E-state index is 12.6. The second-order valence-electron chi connectivity index (χ2n) is 7.27. The molecule has 2 aromatic heterocycles. The molecule has 1 fully saturated rings. The summed E-state index contributed by atoms with van der Waals surface area (Å²) in [6, 6.07) is 9.67. The molecular weight excluding hydrogens is 374 g/mol. The Balaban J connectivity index is 1.49. The fraction of sp³-hybridized carbons (Fsp3) is 0.350. The normalized spacial score (nSPS) is 13.5. The van der Waals surface area contributed by atoms with Gasteiger partial charge in [0.25, 0.3) is 11.8 Å². The predicted octanol–water partition coefficient (Wildman–Crippen LogP) is 2.52. The molecule has 2 amide bonds. The zero-order valence-electron chi connectivity index (χ0n) is 16.2.